The number of hydrogen-bond donors (Lipinski definition) is 0. The molecule has 0 radical (unpaired) electrons. The first-order valence-electron chi connectivity index (χ1n) is 6.25. The molecule has 0 N–H and O–H groups in total. The molecule has 0 atom stereocenters. The van der Waals surface area contributed by atoms with Crippen molar-refractivity contribution in [2.24, 2.45) is 11.3 Å². The summed E-state index contributed by atoms with van der Waals surface area (Å²) in [5.74, 6) is 1.97. The molecule has 0 nitrogen and oxygen atoms in total. The molecule has 15 heavy (non-hydrogen) atoms. The van der Waals surface area contributed by atoms with Gasteiger partial charge in [0.25, 0.3) is 0 Å². The third kappa shape index (κ3) is 5.45. The Morgan fingerprint density at radius 1 is 0.933 bits per heavy atom. The number of hydrogen-bond acceptors (Lipinski definition) is 0. The van der Waals surface area contributed by atoms with E-state index in [0.29, 0.717) is 17.7 Å². The van der Waals surface area contributed by atoms with Crippen molar-refractivity contribution in [3.05, 3.63) is 0 Å². The molecule has 0 aliphatic carbocycles. The van der Waals surface area contributed by atoms with Crippen molar-refractivity contribution in [1.82, 2.24) is 0 Å². The monoisotopic (exact) mass is 252 g/mol. The Bertz CT molecular complexity index is 139. The lowest BCUT2D eigenvalue weighted by Crippen LogP contribution is -2.31. The fraction of sp³-hybridized carbons (Fsp3) is 1.00. The molecule has 0 saturated carbocycles. The maximum absolute atomic E-state index is 6.08. The normalized spacial score (nSPS) is 12.4. The molecule has 0 fully saturated rings. The molecule has 0 aromatic heterocycles. The molecule has 0 rings (SSSR count). The van der Waals surface area contributed by atoms with Gasteiger partial charge in [0.05, 0.1) is 0 Å². The van der Waals surface area contributed by atoms with E-state index in [1.165, 1.54) is 38.5 Å². The van der Waals surface area contributed by atoms with E-state index in [4.69, 9.17) is 23.2 Å². The van der Waals surface area contributed by atoms with Gasteiger partial charge in [-0.05, 0) is 17.8 Å². The second-order valence-corrected chi connectivity index (χ2v) is 5.48. The van der Waals surface area contributed by atoms with Gasteiger partial charge in [0.15, 0.2) is 0 Å². The number of halogens is 2. The van der Waals surface area contributed by atoms with E-state index < -0.39 is 0 Å². The SMILES string of the molecule is CCCCCCCC(CCl)(CCl)C(C)C. The first kappa shape index (κ1) is 15.6. The number of alkyl halides is 2. The van der Waals surface area contributed by atoms with E-state index >= 15 is 0 Å². The fourth-order valence-electron chi connectivity index (χ4n) is 1.85. The van der Waals surface area contributed by atoms with Crippen LogP contribution in [0, 0.1) is 11.3 Å². The summed E-state index contributed by atoms with van der Waals surface area (Å²) in [6.07, 6.45) is 7.81. The summed E-state index contributed by atoms with van der Waals surface area (Å²) in [7, 11) is 0. The summed E-state index contributed by atoms with van der Waals surface area (Å²) in [4.78, 5) is 0. The van der Waals surface area contributed by atoms with Gasteiger partial charge in [-0.25, -0.2) is 0 Å². The molecule has 0 aliphatic heterocycles. The molecule has 0 heterocycles. The summed E-state index contributed by atoms with van der Waals surface area (Å²) in [6, 6.07) is 0. The predicted octanol–water partition coefficient (Wildman–Crippen LogP) is 5.47. The van der Waals surface area contributed by atoms with Gasteiger partial charge in [0, 0.05) is 11.8 Å². The molecule has 0 unspecified atom stereocenters. The van der Waals surface area contributed by atoms with Crippen LogP contribution in [0.15, 0.2) is 0 Å². The van der Waals surface area contributed by atoms with Crippen molar-refractivity contribution in [3.8, 4) is 0 Å². The minimum atomic E-state index is 0.162. The summed E-state index contributed by atoms with van der Waals surface area (Å²) in [5, 5.41) is 0. The van der Waals surface area contributed by atoms with Crippen molar-refractivity contribution < 1.29 is 0 Å². The second kappa shape index (κ2) is 8.70. The largest absolute Gasteiger partial charge is 0.126 e. The quantitative estimate of drug-likeness (QED) is 0.377. The van der Waals surface area contributed by atoms with E-state index in [-0.39, 0.29) is 5.41 Å². The van der Waals surface area contributed by atoms with Gasteiger partial charge in [0.2, 0.25) is 0 Å². The minimum absolute atomic E-state index is 0.162. The highest BCUT2D eigenvalue weighted by molar-refractivity contribution is 6.21. The van der Waals surface area contributed by atoms with Gasteiger partial charge in [-0.1, -0.05) is 52.9 Å². The van der Waals surface area contributed by atoms with Crippen molar-refractivity contribution >= 4 is 23.2 Å². The summed E-state index contributed by atoms with van der Waals surface area (Å²) < 4.78 is 0. The van der Waals surface area contributed by atoms with Crippen molar-refractivity contribution in [3.63, 3.8) is 0 Å². The predicted molar refractivity (Wildman–Crippen MR) is 72.1 cm³/mol. The van der Waals surface area contributed by atoms with Crippen LogP contribution in [0.2, 0.25) is 0 Å². The summed E-state index contributed by atoms with van der Waals surface area (Å²) in [6.45, 7) is 6.71. The van der Waals surface area contributed by atoms with Crippen LogP contribution in [0.4, 0.5) is 0 Å². The van der Waals surface area contributed by atoms with E-state index in [9.17, 15) is 0 Å². The molecule has 0 saturated heterocycles. The summed E-state index contributed by atoms with van der Waals surface area (Å²) >= 11 is 12.2. The molecular formula is C13H26Cl2. The van der Waals surface area contributed by atoms with Crippen molar-refractivity contribution in [1.29, 1.82) is 0 Å². The maximum Gasteiger partial charge on any atom is 0.0293 e. The van der Waals surface area contributed by atoms with Crippen LogP contribution in [-0.2, 0) is 0 Å². The highest BCUT2D eigenvalue weighted by Crippen LogP contribution is 2.36. The van der Waals surface area contributed by atoms with E-state index in [1.54, 1.807) is 0 Å². The Morgan fingerprint density at radius 3 is 1.87 bits per heavy atom. The summed E-state index contributed by atoms with van der Waals surface area (Å²) in [5.41, 5.74) is 0.162. The van der Waals surface area contributed by atoms with Crippen LogP contribution >= 0.6 is 23.2 Å². The molecule has 0 aromatic rings. The number of rotatable bonds is 9. The lowest BCUT2D eigenvalue weighted by atomic mass is 9.76. The average Bonchev–Trinajstić information content (AvgIpc) is 2.23. The molecule has 0 aromatic carbocycles. The highest BCUT2D eigenvalue weighted by Gasteiger charge is 2.31. The number of unbranched alkanes of at least 4 members (excludes halogenated alkanes) is 4. The Labute approximate surface area is 106 Å². The molecule has 0 aliphatic rings. The van der Waals surface area contributed by atoms with Crippen LogP contribution in [0.25, 0.3) is 0 Å². The molecule has 0 spiro atoms. The first-order chi connectivity index (χ1) is 7.13. The van der Waals surface area contributed by atoms with Gasteiger partial charge in [-0.15, -0.1) is 23.2 Å². The Balaban J connectivity index is 3.86. The molecular weight excluding hydrogens is 227 g/mol. The maximum atomic E-state index is 6.08. The van der Waals surface area contributed by atoms with E-state index in [2.05, 4.69) is 20.8 Å². The van der Waals surface area contributed by atoms with Gasteiger partial charge in [-0.3, -0.25) is 0 Å². The topological polar surface area (TPSA) is 0 Å². The van der Waals surface area contributed by atoms with Crippen molar-refractivity contribution in [2.75, 3.05) is 11.8 Å². The third-order valence-corrected chi connectivity index (χ3v) is 4.60. The molecule has 2 heteroatoms. The van der Waals surface area contributed by atoms with Gasteiger partial charge < -0.3 is 0 Å². The molecule has 92 valence electrons. The zero-order valence-corrected chi connectivity index (χ0v) is 12.0. The van der Waals surface area contributed by atoms with Crippen LogP contribution < -0.4 is 0 Å². The third-order valence-electron chi connectivity index (χ3n) is 3.54. The lowest BCUT2D eigenvalue weighted by Gasteiger charge is -2.34. The molecule has 0 bridgehead atoms. The van der Waals surface area contributed by atoms with Crippen LogP contribution in [0.3, 0.4) is 0 Å². The van der Waals surface area contributed by atoms with Crippen LogP contribution in [0.1, 0.15) is 59.3 Å². The molecule has 0 amide bonds. The van der Waals surface area contributed by atoms with Gasteiger partial charge in [0.1, 0.15) is 0 Å². The minimum Gasteiger partial charge on any atom is -0.126 e. The van der Waals surface area contributed by atoms with Crippen molar-refractivity contribution in [2.45, 2.75) is 59.3 Å². The standard InChI is InChI=1S/C13H26Cl2/c1-4-5-6-7-8-9-13(10-14,11-15)12(2)3/h12H,4-11H2,1-3H3. The van der Waals surface area contributed by atoms with Crippen LogP contribution in [-0.4, -0.2) is 11.8 Å². The zero-order chi connectivity index (χ0) is 11.7. The van der Waals surface area contributed by atoms with E-state index in [1.807, 2.05) is 0 Å². The average molecular weight is 253 g/mol. The van der Waals surface area contributed by atoms with Gasteiger partial charge in [-0.2, -0.15) is 0 Å². The van der Waals surface area contributed by atoms with Crippen LogP contribution in [0.5, 0.6) is 0 Å². The van der Waals surface area contributed by atoms with E-state index in [0.717, 1.165) is 0 Å². The smallest absolute Gasteiger partial charge is 0.0293 e. The van der Waals surface area contributed by atoms with Gasteiger partial charge >= 0.3 is 0 Å². The fourth-order valence-corrected chi connectivity index (χ4v) is 3.02. The second-order valence-electron chi connectivity index (χ2n) is 4.95. The zero-order valence-electron chi connectivity index (χ0n) is 10.5. The first-order valence-corrected chi connectivity index (χ1v) is 7.31. The Hall–Kier alpha value is 0.580. The Kier molecular flexibility index (Phi) is 9.04. The Morgan fingerprint density at radius 2 is 1.47 bits per heavy atom. The lowest BCUT2D eigenvalue weighted by molar-refractivity contribution is 0.231. The highest BCUT2D eigenvalue weighted by atomic mass is 35.5.